The van der Waals surface area contributed by atoms with E-state index in [1.54, 1.807) is 15.7 Å². The Balaban J connectivity index is 2.72. The van der Waals surface area contributed by atoms with Gasteiger partial charge in [-0.2, -0.15) is 0 Å². The van der Waals surface area contributed by atoms with E-state index in [4.69, 9.17) is 5.73 Å². The molecule has 0 fully saturated rings. The van der Waals surface area contributed by atoms with Gasteiger partial charge in [-0.05, 0) is 18.2 Å². The molecule has 2 rings (SSSR count). The summed E-state index contributed by atoms with van der Waals surface area (Å²) in [4.78, 5) is 10.9. The van der Waals surface area contributed by atoms with Gasteiger partial charge in [-0.15, -0.1) is 0 Å². The lowest BCUT2D eigenvalue weighted by Crippen LogP contribution is -2.10. The summed E-state index contributed by atoms with van der Waals surface area (Å²) < 4.78 is 1.77. The summed E-state index contributed by atoms with van der Waals surface area (Å²) in [6, 6.07) is 7.30. The molecule has 1 heterocycles. The Morgan fingerprint density at radius 3 is 2.85 bits per heavy atom. The average Bonchev–Trinajstić information content (AvgIpc) is 2.47. The number of hydrogen-bond donors (Lipinski definition) is 1. The van der Waals surface area contributed by atoms with Crippen LogP contribution < -0.4 is 5.73 Å². The average molecular weight is 239 g/mol. The Morgan fingerprint density at radius 2 is 2.15 bits per heavy atom. The van der Waals surface area contributed by atoms with Crippen molar-refractivity contribution in [2.24, 2.45) is 5.73 Å². The maximum Gasteiger partial charge on any atom is 0.248 e. The van der Waals surface area contributed by atoms with E-state index < -0.39 is 5.91 Å². The van der Waals surface area contributed by atoms with Crippen LogP contribution in [0.2, 0.25) is 0 Å². The van der Waals surface area contributed by atoms with Crippen LogP contribution in [-0.4, -0.2) is 9.50 Å². The first-order valence-corrected chi connectivity index (χ1v) is 4.46. The Hall–Kier alpha value is -1.29. The molecule has 0 aliphatic carbocycles. The molecule has 0 bridgehead atoms. The summed E-state index contributed by atoms with van der Waals surface area (Å²) in [5, 5.41) is 1.07. The minimum Gasteiger partial charge on any atom is -0.366 e. The molecule has 0 saturated carbocycles. The molecule has 1 aromatic heterocycles. The summed E-state index contributed by atoms with van der Waals surface area (Å²) in [6.07, 6.45) is 1.87. The van der Waals surface area contributed by atoms with Crippen LogP contribution in [0.1, 0.15) is 10.4 Å². The van der Waals surface area contributed by atoms with Crippen molar-refractivity contribution in [3.05, 3.63) is 36.0 Å². The van der Waals surface area contributed by atoms with Crippen molar-refractivity contribution in [2.45, 2.75) is 0 Å². The molecule has 4 heteroatoms. The third-order valence-corrected chi connectivity index (χ3v) is 2.55. The van der Waals surface area contributed by atoms with E-state index in [0.717, 1.165) is 10.9 Å². The number of amides is 1. The lowest BCUT2D eigenvalue weighted by atomic mass is 10.1. The minimum atomic E-state index is -0.407. The molecule has 66 valence electrons. The fourth-order valence-electron chi connectivity index (χ4n) is 1.25. The lowest BCUT2D eigenvalue weighted by molar-refractivity contribution is 0.100. The quantitative estimate of drug-likeness (QED) is 0.811. The molecule has 0 saturated heterocycles. The van der Waals surface area contributed by atoms with Crippen LogP contribution in [-0.2, 0) is 0 Å². The first-order valence-electron chi connectivity index (χ1n) is 3.75. The van der Waals surface area contributed by atoms with Gasteiger partial charge in [0.05, 0.1) is 21.7 Å². The van der Waals surface area contributed by atoms with Crippen molar-refractivity contribution in [1.82, 2.24) is 3.59 Å². The maximum atomic E-state index is 10.9. The van der Waals surface area contributed by atoms with Crippen molar-refractivity contribution in [3.8, 4) is 0 Å². The third kappa shape index (κ3) is 1.33. The van der Waals surface area contributed by atoms with E-state index in [0.29, 0.717) is 5.56 Å². The van der Waals surface area contributed by atoms with Gasteiger partial charge in [0, 0.05) is 17.1 Å². The van der Waals surface area contributed by atoms with Gasteiger partial charge in [-0.25, -0.2) is 0 Å². The fraction of sp³-hybridized carbons (Fsp3) is 0. The van der Waals surface area contributed by atoms with Gasteiger partial charge >= 0.3 is 0 Å². The summed E-state index contributed by atoms with van der Waals surface area (Å²) in [5.41, 5.74) is 6.62. The number of primary amides is 1. The molecule has 2 aromatic rings. The number of nitrogens with zero attached hydrogens (tertiary/aromatic N) is 1. The van der Waals surface area contributed by atoms with E-state index >= 15 is 0 Å². The summed E-state index contributed by atoms with van der Waals surface area (Å²) in [5.74, 6) is -0.407. The third-order valence-electron chi connectivity index (χ3n) is 1.93. The second-order valence-corrected chi connectivity index (χ2v) is 3.53. The zero-order valence-corrected chi connectivity index (χ0v) is 8.28. The van der Waals surface area contributed by atoms with Crippen LogP contribution in [0.25, 0.3) is 10.9 Å². The molecule has 1 aromatic carbocycles. The fourth-order valence-corrected chi connectivity index (χ4v) is 1.67. The maximum absolute atomic E-state index is 10.9. The highest BCUT2D eigenvalue weighted by molar-refractivity contribution is 9.08. The van der Waals surface area contributed by atoms with Crippen molar-refractivity contribution in [1.29, 1.82) is 0 Å². The van der Waals surface area contributed by atoms with Gasteiger partial charge < -0.3 is 5.73 Å². The Morgan fingerprint density at radius 1 is 1.38 bits per heavy atom. The number of fused-ring (bicyclic) bond motifs is 1. The second-order valence-electron chi connectivity index (χ2n) is 2.76. The SMILES string of the molecule is NC(=O)c1ccc2ccn(Br)c2c1. The molecule has 0 aliphatic heterocycles. The number of rotatable bonds is 1. The highest BCUT2D eigenvalue weighted by Gasteiger charge is 2.03. The molecule has 0 aliphatic rings. The first-order chi connectivity index (χ1) is 6.18. The smallest absolute Gasteiger partial charge is 0.248 e. The predicted molar refractivity (Wildman–Crippen MR) is 54.8 cm³/mol. The number of carbonyl (C=O) groups excluding carboxylic acids is 1. The van der Waals surface area contributed by atoms with Crippen LogP contribution >= 0.6 is 16.1 Å². The Kier molecular flexibility index (Phi) is 1.84. The van der Waals surface area contributed by atoms with Gasteiger partial charge in [-0.3, -0.25) is 8.39 Å². The van der Waals surface area contributed by atoms with Crippen molar-refractivity contribution in [2.75, 3.05) is 0 Å². The van der Waals surface area contributed by atoms with Crippen LogP contribution in [0, 0.1) is 0 Å². The van der Waals surface area contributed by atoms with E-state index in [1.807, 2.05) is 18.3 Å². The number of benzene rings is 1. The second kappa shape index (κ2) is 2.88. The molecule has 3 nitrogen and oxygen atoms in total. The normalized spacial score (nSPS) is 10.5. The first kappa shape index (κ1) is 8.31. The molecule has 1 amide bonds. The molecule has 2 N–H and O–H groups in total. The lowest BCUT2D eigenvalue weighted by Gasteiger charge is -1.97. The van der Waals surface area contributed by atoms with E-state index in [9.17, 15) is 4.79 Å². The van der Waals surface area contributed by atoms with E-state index in [-0.39, 0.29) is 0 Å². The van der Waals surface area contributed by atoms with Crippen LogP contribution in [0.5, 0.6) is 0 Å². The Bertz CT molecular complexity index is 475. The topological polar surface area (TPSA) is 48.0 Å². The number of aromatic nitrogens is 1. The predicted octanol–water partition coefficient (Wildman–Crippen LogP) is 1.90. The van der Waals surface area contributed by atoms with Crippen LogP contribution in [0.4, 0.5) is 0 Å². The van der Waals surface area contributed by atoms with Gasteiger partial charge in [0.15, 0.2) is 0 Å². The van der Waals surface area contributed by atoms with Crippen LogP contribution in [0.3, 0.4) is 0 Å². The van der Waals surface area contributed by atoms with Gasteiger partial charge in [0.1, 0.15) is 0 Å². The Labute approximate surface area is 83.5 Å². The van der Waals surface area contributed by atoms with Crippen molar-refractivity contribution < 1.29 is 4.79 Å². The highest BCUT2D eigenvalue weighted by Crippen LogP contribution is 2.18. The molecule has 13 heavy (non-hydrogen) atoms. The molecule has 0 spiro atoms. The zero-order valence-electron chi connectivity index (χ0n) is 6.70. The van der Waals surface area contributed by atoms with Crippen molar-refractivity contribution >= 4 is 33.0 Å². The van der Waals surface area contributed by atoms with Gasteiger partial charge in [0.25, 0.3) is 0 Å². The van der Waals surface area contributed by atoms with E-state index in [2.05, 4.69) is 16.1 Å². The zero-order chi connectivity index (χ0) is 9.42. The number of nitrogens with two attached hydrogens (primary N) is 1. The monoisotopic (exact) mass is 238 g/mol. The van der Waals surface area contributed by atoms with Crippen molar-refractivity contribution in [3.63, 3.8) is 0 Å². The van der Waals surface area contributed by atoms with Gasteiger partial charge in [-0.1, -0.05) is 6.07 Å². The van der Waals surface area contributed by atoms with Crippen LogP contribution in [0.15, 0.2) is 30.5 Å². The van der Waals surface area contributed by atoms with E-state index in [1.165, 1.54) is 0 Å². The number of hydrogen-bond acceptors (Lipinski definition) is 1. The summed E-state index contributed by atoms with van der Waals surface area (Å²) >= 11 is 3.31. The standard InChI is InChI=1S/C9H7BrN2O/c10-12-4-3-6-1-2-7(9(11)13)5-8(6)12/h1-5H,(H2,11,13). The number of halogens is 1. The number of carbonyl (C=O) groups is 1. The molecule has 0 unspecified atom stereocenters. The van der Waals surface area contributed by atoms with Gasteiger partial charge in [0.2, 0.25) is 5.91 Å². The molecular formula is C9H7BrN2O. The molecule has 0 radical (unpaired) electrons. The minimum absolute atomic E-state index is 0.407. The highest BCUT2D eigenvalue weighted by atomic mass is 79.9. The summed E-state index contributed by atoms with van der Waals surface area (Å²) in [7, 11) is 0. The largest absolute Gasteiger partial charge is 0.366 e. The summed E-state index contributed by atoms with van der Waals surface area (Å²) in [6.45, 7) is 0. The molecular weight excluding hydrogens is 232 g/mol. The molecule has 0 atom stereocenters.